The molecule has 31 heavy (non-hydrogen) atoms. The van der Waals surface area contributed by atoms with Gasteiger partial charge in [0.15, 0.2) is 6.61 Å². The molecule has 5 N–H and O–H groups in total. The van der Waals surface area contributed by atoms with E-state index in [1.165, 1.54) is 0 Å². The maximum Gasteiger partial charge on any atom is 0.341 e. The Morgan fingerprint density at radius 3 is 2.23 bits per heavy atom. The summed E-state index contributed by atoms with van der Waals surface area (Å²) in [5.74, 6) is -1.90. The van der Waals surface area contributed by atoms with Gasteiger partial charge in [0.25, 0.3) is 0 Å². The summed E-state index contributed by atoms with van der Waals surface area (Å²) < 4.78 is 7.47. The molecule has 0 aliphatic rings. The van der Waals surface area contributed by atoms with Gasteiger partial charge in [-0.3, -0.25) is 9.59 Å². The second kappa shape index (κ2) is 7.83. The molecule has 8 heteroatoms. The minimum Gasteiger partial charge on any atom is -0.481 e. The Bertz CT molecular complexity index is 1360. The average molecular weight is 417 g/mol. The molecule has 0 saturated heterocycles. The molecule has 4 rings (SSSR count). The lowest BCUT2D eigenvalue weighted by atomic mass is 10.1. The first-order valence-electron chi connectivity index (χ1n) is 9.44. The molecule has 0 atom stereocenters. The van der Waals surface area contributed by atoms with Crippen molar-refractivity contribution in [1.29, 1.82) is 0 Å². The second-order valence-electron chi connectivity index (χ2n) is 7.05. The topological polar surface area (TPSA) is 138 Å². The van der Waals surface area contributed by atoms with Gasteiger partial charge in [0.2, 0.25) is 11.8 Å². The van der Waals surface area contributed by atoms with Crippen molar-refractivity contribution in [2.45, 2.75) is 6.54 Å². The van der Waals surface area contributed by atoms with Crippen LogP contribution in [0.15, 0.2) is 60.7 Å². The van der Waals surface area contributed by atoms with Crippen LogP contribution in [0.5, 0.6) is 5.75 Å². The van der Waals surface area contributed by atoms with E-state index in [0.29, 0.717) is 34.2 Å². The number of amides is 2. The molecule has 3 aromatic carbocycles. The first-order valence-corrected chi connectivity index (χ1v) is 9.44. The Labute approximate surface area is 176 Å². The Morgan fingerprint density at radius 1 is 0.871 bits per heavy atom. The zero-order valence-corrected chi connectivity index (χ0v) is 16.4. The molecular formula is C23H19N3O5. The minimum atomic E-state index is -1.11. The van der Waals surface area contributed by atoms with Crippen LogP contribution < -0.4 is 16.2 Å². The van der Waals surface area contributed by atoms with E-state index in [-0.39, 0.29) is 0 Å². The van der Waals surface area contributed by atoms with Crippen LogP contribution in [0.2, 0.25) is 0 Å². The molecule has 0 bridgehead atoms. The zero-order chi connectivity index (χ0) is 22.1. The zero-order valence-electron chi connectivity index (χ0n) is 16.4. The van der Waals surface area contributed by atoms with Crippen molar-refractivity contribution in [3.63, 3.8) is 0 Å². The molecule has 1 heterocycles. The van der Waals surface area contributed by atoms with Crippen molar-refractivity contribution in [1.82, 2.24) is 4.57 Å². The molecule has 0 saturated carbocycles. The number of nitrogens with zero attached hydrogens (tertiary/aromatic N) is 1. The van der Waals surface area contributed by atoms with Gasteiger partial charge in [-0.15, -0.1) is 0 Å². The molecule has 0 aliphatic heterocycles. The molecule has 0 radical (unpaired) electrons. The van der Waals surface area contributed by atoms with Crippen LogP contribution in [0, 0.1) is 0 Å². The number of rotatable bonds is 7. The van der Waals surface area contributed by atoms with Gasteiger partial charge < -0.3 is 25.9 Å². The first kappa shape index (κ1) is 20.0. The number of primary amides is 2. The molecule has 156 valence electrons. The van der Waals surface area contributed by atoms with Crippen molar-refractivity contribution in [2.24, 2.45) is 11.5 Å². The standard InChI is InChI=1S/C23H19N3O5/c24-22(29)14-5-1-4-13(10-14)11-26-16-7-2-6-15(23(25)30)20(16)21-17(26)8-3-9-18(21)31-12-19(27)28/h1-10H,11-12H2,(H2,24,29)(H2,25,30)(H,27,28). The van der Waals surface area contributed by atoms with Crippen molar-refractivity contribution in [3.05, 3.63) is 77.4 Å². The number of carboxylic acids is 1. The fraction of sp³-hybridized carbons (Fsp3) is 0.0870. The van der Waals surface area contributed by atoms with Gasteiger partial charge in [0.1, 0.15) is 5.75 Å². The second-order valence-corrected chi connectivity index (χ2v) is 7.05. The number of fused-ring (bicyclic) bond motifs is 3. The number of carbonyl (C=O) groups is 3. The number of aliphatic carboxylic acids is 1. The number of carbonyl (C=O) groups excluding carboxylic acids is 2. The SMILES string of the molecule is NC(=O)c1cccc(Cn2c3cccc(OCC(=O)O)c3c3c(C(N)=O)cccc32)c1. The highest BCUT2D eigenvalue weighted by Gasteiger charge is 2.20. The highest BCUT2D eigenvalue weighted by Crippen LogP contribution is 2.38. The number of benzene rings is 3. The average Bonchev–Trinajstić information content (AvgIpc) is 3.06. The Morgan fingerprint density at radius 2 is 1.55 bits per heavy atom. The largest absolute Gasteiger partial charge is 0.481 e. The third-order valence-electron chi connectivity index (χ3n) is 5.05. The minimum absolute atomic E-state index is 0.304. The summed E-state index contributed by atoms with van der Waals surface area (Å²) >= 11 is 0. The predicted molar refractivity (Wildman–Crippen MR) is 115 cm³/mol. The highest BCUT2D eigenvalue weighted by molar-refractivity contribution is 6.19. The van der Waals surface area contributed by atoms with Crippen LogP contribution in [-0.2, 0) is 11.3 Å². The molecule has 1 aromatic heterocycles. The van der Waals surface area contributed by atoms with Gasteiger partial charge in [0.05, 0.1) is 16.4 Å². The molecule has 4 aromatic rings. The predicted octanol–water partition coefficient (Wildman–Crippen LogP) is 2.50. The summed E-state index contributed by atoms with van der Waals surface area (Å²) in [4.78, 5) is 34.8. The number of aromatic nitrogens is 1. The van der Waals surface area contributed by atoms with Crippen molar-refractivity contribution < 1.29 is 24.2 Å². The lowest BCUT2D eigenvalue weighted by Crippen LogP contribution is -2.12. The number of hydrogen-bond donors (Lipinski definition) is 3. The van der Waals surface area contributed by atoms with Gasteiger partial charge in [-0.25, -0.2) is 4.79 Å². The Kier molecular flexibility index (Phi) is 5.04. The van der Waals surface area contributed by atoms with Gasteiger partial charge in [-0.2, -0.15) is 0 Å². The van der Waals surface area contributed by atoms with Gasteiger partial charge in [-0.1, -0.05) is 24.3 Å². The fourth-order valence-corrected chi connectivity index (χ4v) is 3.79. The first-order chi connectivity index (χ1) is 14.9. The summed E-state index contributed by atoms with van der Waals surface area (Å²) in [6.07, 6.45) is 0. The van der Waals surface area contributed by atoms with E-state index in [1.807, 2.05) is 22.8 Å². The van der Waals surface area contributed by atoms with Crippen LogP contribution in [0.25, 0.3) is 21.8 Å². The van der Waals surface area contributed by atoms with E-state index in [4.69, 9.17) is 21.3 Å². The van der Waals surface area contributed by atoms with Gasteiger partial charge >= 0.3 is 5.97 Å². The smallest absolute Gasteiger partial charge is 0.341 e. The summed E-state index contributed by atoms with van der Waals surface area (Å²) in [6, 6.07) is 17.4. The van der Waals surface area contributed by atoms with Crippen LogP contribution in [-0.4, -0.2) is 34.1 Å². The van der Waals surface area contributed by atoms with Gasteiger partial charge in [0, 0.05) is 23.1 Å². The number of hydrogen-bond acceptors (Lipinski definition) is 4. The van der Waals surface area contributed by atoms with Crippen molar-refractivity contribution in [3.8, 4) is 5.75 Å². The molecule has 0 fully saturated rings. The lowest BCUT2D eigenvalue weighted by molar-refractivity contribution is -0.139. The normalized spacial score (nSPS) is 11.0. The highest BCUT2D eigenvalue weighted by atomic mass is 16.5. The van der Waals surface area contributed by atoms with Gasteiger partial charge in [-0.05, 0) is 42.0 Å². The summed E-state index contributed by atoms with van der Waals surface area (Å²) in [6.45, 7) is -0.142. The monoisotopic (exact) mass is 417 g/mol. The van der Waals surface area contributed by atoms with Crippen LogP contribution in [0.3, 0.4) is 0 Å². The Balaban J connectivity index is 1.98. The van der Waals surface area contributed by atoms with E-state index in [2.05, 4.69) is 0 Å². The molecule has 2 amide bonds. The third-order valence-corrected chi connectivity index (χ3v) is 5.05. The van der Waals surface area contributed by atoms with Crippen LogP contribution >= 0.6 is 0 Å². The number of ether oxygens (including phenoxy) is 1. The molecule has 0 aliphatic carbocycles. The molecule has 0 unspecified atom stereocenters. The van der Waals surface area contributed by atoms with E-state index < -0.39 is 24.4 Å². The molecule has 8 nitrogen and oxygen atoms in total. The summed E-state index contributed by atoms with van der Waals surface area (Å²) in [7, 11) is 0. The van der Waals surface area contributed by atoms with Crippen molar-refractivity contribution in [2.75, 3.05) is 6.61 Å². The lowest BCUT2D eigenvalue weighted by Gasteiger charge is -2.09. The quantitative estimate of drug-likeness (QED) is 0.424. The third kappa shape index (κ3) is 3.66. The number of nitrogens with two attached hydrogens (primary N) is 2. The Hall–Kier alpha value is -4.33. The van der Waals surface area contributed by atoms with E-state index in [0.717, 1.165) is 16.6 Å². The molecular weight excluding hydrogens is 398 g/mol. The van der Waals surface area contributed by atoms with Crippen molar-refractivity contribution >= 4 is 39.6 Å². The summed E-state index contributed by atoms with van der Waals surface area (Å²) in [5.41, 5.74) is 14.0. The van der Waals surface area contributed by atoms with E-state index in [1.54, 1.807) is 42.5 Å². The van der Waals surface area contributed by atoms with E-state index in [9.17, 15) is 14.4 Å². The fourth-order valence-electron chi connectivity index (χ4n) is 3.79. The molecule has 0 spiro atoms. The summed E-state index contributed by atoms with van der Waals surface area (Å²) in [5, 5.41) is 10.2. The van der Waals surface area contributed by atoms with Crippen LogP contribution in [0.4, 0.5) is 0 Å². The number of carboxylic acid groups (broad SMARTS) is 1. The van der Waals surface area contributed by atoms with Crippen LogP contribution in [0.1, 0.15) is 26.3 Å². The maximum atomic E-state index is 12.1. The maximum absolute atomic E-state index is 12.1. The van der Waals surface area contributed by atoms with E-state index >= 15 is 0 Å².